The van der Waals surface area contributed by atoms with Crippen molar-refractivity contribution in [2.75, 3.05) is 26.8 Å². The molecule has 0 radical (unpaired) electrons. The van der Waals surface area contributed by atoms with Gasteiger partial charge >= 0.3 is 0 Å². The van der Waals surface area contributed by atoms with E-state index in [2.05, 4.69) is 21.2 Å². The van der Waals surface area contributed by atoms with Crippen LogP contribution in [-0.4, -0.2) is 32.7 Å². The molecule has 1 rings (SSSR count). The SMILES string of the molecule is CCOc1c(Br)cc(C(=O)NCCCCN)cc1OC. The van der Waals surface area contributed by atoms with Crippen LogP contribution < -0.4 is 20.5 Å². The summed E-state index contributed by atoms with van der Waals surface area (Å²) >= 11 is 3.40. The number of methoxy groups -OCH3 is 1. The molecule has 0 aliphatic carbocycles. The molecule has 1 aromatic rings. The van der Waals surface area contributed by atoms with Crippen LogP contribution in [0.25, 0.3) is 0 Å². The van der Waals surface area contributed by atoms with Gasteiger partial charge in [-0.05, 0) is 54.4 Å². The van der Waals surface area contributed by atoms with E-state index in [4.69, 9.17) is 15.2 Å². The lowest BCUT2D eigenvalue weighted by molar-refractivity contribution is 0.0952. The Balaban J connectivity index is 2.80. The van der Waals surface area contributed by atoms with Crippen LogP contribution in [0.1, 0.15) is 30.1 Å². The molecule has 20 heavy (non-hydrogen) atoms. The number of benzene rings is 1. The molecule has 0 aliphatic rings. The van der Waals surface area contributed by atoms with Crippen molar-refractivity contribution in [1.29, 1.82) is 0 Å². The number of unbranched alkanes of at least 4 members (excludes halogenated alkanes) is 1. The summed E-state index contributed by atoms with van der Waals surface area (Å²) < 4.78 is 11.4. The molecular weight excluding hydrogens is 324 g/mol. The van der Waals surface area contributed by atoms with Gasteiger partial charge in [-0.25, -0.2) is 0 Å². The standard InChI is InChI=1S/C14H21BrN2O3/c1-3-20-13-11(15)8-10(9-12(13)19-2)14(18)17-7-5-4-6-16/h8-9H,3-7,16H2,1-2H3,(H,17,18). The van der Waals surface area contributed by atoms with Crippen LogP contribution in [0.3, 0.4) is 0 Å². The van der Waals surface area contributed by atoms with Crippen molar-refractivity contribution >= 4 is 21.8 Å². The Bertz CT molecular complexity index is 452. The number of hydrogen-bond acceptors (Lipinski definition) is 4. The van der Waals surface area contributed by atoms with E-state index in [0.717, 1.165) is 12.8 Å². The summed E-state index contributed by atoms with van der Waals surface area (Å²) in [6, 6.07) is 3.40. The number of hydrogen-bond donors (Lipinski definition) is 2. The monoisotopic (exact) mass is 344 g/mol. The Hall–Kier alpha value is -1.27. The van der Waals surface area contributed by atoms with Crippen molar-refractivity contribution in [2.45, 2.75) is 19.8 Å². The quantitative estimate of drug-likeness (QED) is 0.709. The Morgan fingerprint density at radius 2 is 2.15 bits per heavy atom. The number of rotatable bonds is 8. The molecule has 0 saturated heterocycles. The summed E-state index contributed by atoms with van der Waals surface area (Å²) in [7, 11) is 1.55. The summed E-state index contributed by atoms with van der Waals surface area (Å²) in [4.78, 5) is 12.0. The highest BCUT2D eigenvalue weighted by Crippen LogP contribution is 2.36. The van der Waals surface area contributed by atoms with Gasteiger partial charge in [0.2, 0.25) is 0 Å². The van der Waals surface area contributed by atoms with E-state index in [9.17, 15) is 4.79 Å². The molecule has 3 N–H and O–H groups in total. The Morgan fingerprint density at radius 3 is 2.75 bits per heavy atom. The van der Waals surface area contributed by atoms with Gasteiger partial charge in [0.25, 0.3) is 5.91 Å². The Labute approximate surface area is 127 Å². The molecule has 0 aromatic heterocycles. The van der Waals surface area contributed by atoms with E-state index in [-0.39, 0.29) is 5.91 Å². The van der Waals surface area contributed by atoms with Crippen LogP contribution in [0.5, 0.6) is 11.5 Å². The minimum Gasteiger partial charge on any atom is -0.493 e. The summed E-state index contributed by atoms with van der Waals surface area (Å²) in [5, 5.41) is 2.85. The second-order valence-electron chi connectivity index (χ2n) is 4.17. The smallest absolute Gasteiger partial charge is 0.251 e. The zero-order chi connectivity index (χ0) is 15.0. The van der Waals surface area contributed by atoms with Crippen molar-refractivity contribution in [3.63, 3.8) is 0 Å². The molecule has 1 amide bonds. The molecular formula is C14H21BrN2O3. The maximum absolute atomic E-state index is 12.0. The van der Waals surface area contributed by atoms with E-state index in [1.807, 2.05) is 6.92 Å². The number of halogens is 1. The van der Waals surface area contributed by atoms with Crippen LogP contribution in [0.15, 0.2) is 16.6 Å². The molecule has 0 heterocycles. The van der Waals surface area contributed by atoms with Crippen molar-refractivity contribution in [3.05, 3.63) is 22.2 Å². The minimum absolute atomic E-state index is 0.135. The first kappa shape index (κ1) is 16.8. The van der Waals surface area contributed by atoms with Gasteiger partial charge < -0.3 is 20.5 Å². The number of carbonyl (C=O) groups is 1. The predicted molar refractivity (Wildman–Crippen MR) is 82.5 cm³/mol. The molecule has 1 aromatic carbocycles. The first-order valence-electron chi connectivity index (χ1n) is 6.62. The van der Waals surface area contributed by atoms with Crippen LogP contribution in [0, 0.1) is 0 Å². The van der Waals surface area contributed by atoms with Gasteiger partial charge in [0, 0.05) is 12.1 Å². The second kappa shape index (κ2) is 8.81. The van der Waals surface area contributed by atoms with E-state index in [1.54, 1.807) is 19.2 Å². The van der Waals surface area contributed by atoms with E-state index in [0.29, 0.717) is 41.2 Å². The average Bonchev–Trinajstić information content (AvgIpc) is 2.45. The van der Waals surface area contributed by atoms with Crippen molar-refractivity contribution in [1.82, 2.24) is 5.32 Å². The summed E-state index contributed by atoms with van der Waals surface area (Å²) in [6.45, 7) is 3.67. The molecule has 0 unspecified atom stereocenters. The summed E-state index contributed by atoms with van der Waals surface area (Å²) in [6.07, 6.45) is 1.77. The average molecular weight is 345 g/mol. The summed E-state index contributed by atoms with van der Waals surface area (Å²) in [5.41, 5.74) is 5.94. The van der Waals surface area contributed by atoms with Crippen molar-refractivity contribution < 1.29 is 14.3 Å². The Morgan fingerprint density at radius 1 is 1.40 bits per heavy atom. The maximum atomic E-state index is 12.0. The number of amides is 1. The van der Waals surface area contributed by atoms with Crippen LogP contribution in [0.4, 0.5) is 0 Å². The van der Waals surface area contributed by atoms with Gasteiger partial charge in [0.1, 0.15) is 0 Å². The van der Waals surface area contributed by atoms with Gasteiger partial charge in [0.05, 0.1) is 18.2 Å². The topological polar surface area (TPSA) is 73.6 Å². The lowest BCUT2D eigenvalue weighted by Gasteiger charge is -2.13. The van der Waals surface area contributed by atoms with Gasteiger partial charge in [-0.15, -0.1) is 0 Å². The highest BCUT2D eigenvalue weighted by atomic mass is 79.9. The summed E-state index contributed by atoms with van der Waals surface area (Å²) in [5.74, 6) is 1.01. The van der Waals surface area contributed by atoms with Crippen molar-refractivity contribution in [3.8, 4) is 11.5 Å². The third-order valence-electron chi connectivity index (χ3n) is 2.70. The van der Waals surface area contributed by atoms with Gasteiger partial charge in [-0.2, -0.15) is 0 Å². The molecule has 0 spiro atoms. The molecule has 5 nitrogen and oxygen atoms in total. The normalized spacial score (nSPS) is 10.2. The number of ether oxygens (including phenoxy) is 2. The molecule has 0 bridgehead atoms. The zero-order valence-corrected chi connectivity index (χ0v) is 13.5. The highest BCUT2D eigenvalue weighted by molar-refractivity contribution is 9.10. The molecule has 0 atom stereocenters. The third kappa shape index (κ3) is 4.68. The van der Waals surface area contributed by atoms with Crippen LogP contribution in [0.2, 0.25) is 0 Å². The number of carbonyl (C=O) groups excluding carboxylic acids is 1. The van der Waals surface area contributed by atoms with Crippen LogP contribution >= 0.6 is 15.9 Å². The minimum atomic E-state index is -0.135. The lowest BCUT2D eigenvalue weighted by atomic mass is 10.2. The fraction of sp³-hybridized carbons (Fsp3) is 0.500. The maximum Gasteiger partial charge on any atom is 0.251 e. The van der Waals surface area contributed by atoms with Crippen molar-refractivity contribution in [2.24, 2.45) is 5.73 Å². The molecule has 112 valence electrons. The fourth-order valence-corrected chi connectivity index (χ4v) is 2.27. The molecule has 0 saturated carbocycles. The first-order chi connectivity index (χ1) is 9.63. The van der Waals surface area contributed by atoms with E-state index in [1.165, 1.54) is 0 Å². The van der Waals surface area contributed by atoms with Gasteiger partial charge in [0.15, 0.2) is 11.5 Å². The van der Waals surface area contributed by atoms with Crippen LogP contribution in [-0.2, 0) is 0 Å². The number of nitrogens with one attached hydrogen (secondary N) is 1. The first-order valence-corrected chi connectivity index (χ1v) is 7.41. The molecule has 0 aliphatic heterocycles. The molecule has 6 heteroatoms. The lowest BCUT2D eigenvalue weighted by Crippen LogP contribution is -2.25. The highest BCUT2D eigenvalue weighted by Gasteiger charge is 2.15. The largest absolute Gasteiger partial charge is 0.493 e. The zero-order valence-electron chi connectivity index (χ0n) is 11.9. The Kier molecular flexibility index (Phi) is 7.40. The number of nitrogens with two attached hydrogens (primary N) is 1. The molecule has 0 fully saturated rings. The predicted octanol–water partition coefficient (Wildman–Crippen LogP) is 2.33. The van der Waals surface area contributed by atoms with E-state index >= 15 is 0 Å². The fourth-order valence-electron chi connectivity index (χ4n) is 1.71. The van der Waals surface area contributed by atoms with Gasteiger partial charge in [-0.3, -0.25) is 4.79 Å². The second-order valence-corrected chi connectivity index (χ2v) is 5.03. The van der Waals surface area contributed by atoms with E-state index < -0.39 is 0 Å². The van der Waals surface area contributed by atoms with Gasteiger partial charge in [-0.1, -0.05) is 0 Å². The third-order valence-corrected chi connectivity index (χ3v) is 3.29.